The molecule has 0 saturated carbocycles. The van der Waals surface area contributed by atoms with Crippen LogP contribution in [0.5, 0.6) is 0 Å². The lowest BCUT2D eigenvalue weighted by atomic mass is 9.84. The minimum Gasteiger partial charge on any atom is -0.466 e. The van der Waals surface area contributed by atoms with E-state index in [2.05, 4.69) is 6.07 Å². The fraction of sp³-hybridized carbons (Fsp3) is 0.150. The number of allylic oxidation sites excluding steroid dienone is 1. The summed E-state index contributed by atoms with van der Waals surface area (Å²) in [6, 6.07) is 14.4. The maximum atomic E-state index is 12.8. The number of ether oxygens (including phenoxy) is 2. The Morgan fingerprint density at radius 3 is 2.32 bits per heavy atom. The molecule has 0 unspecified atom stereocenters. The molecule has 0 saturated heterocycles. The Bertz CT molecular complexity index is 1000. The molecule has 142 valence electrons. The van der Waals surface area contributed by atoms with Crippen molar-refractivity contribution >= 4 is 29.0 Å². The lowest BCUT2D eigenvalue weighted by Crippen LogP contribution is -2.40. The molecule has 1 aliphatic heterocycles. The molecule has 1 aliphatic rings. The molecule has 2 heterocycles. The Labute approximate surface area is 165 Å². The molecule has 0 amide bonds. The number of hydrogen-bond acceptors (Lipinski definition) is 8. The number of nitrogens with zero attached hydrogens (tertiary/aromatic N) is 2. The van der Waals surface area contributed by atoms with Gasteiger partial charge in [0, 0.05) is 10.6 Å². The number of carbonyl (C=O) groups is 2. The molecular weight excluding hydrogens is 378 g/mol. The monoisotopic (exact) mass is 395 g/mol. The summed E-state index contributed by atoms with van der Waals surface area (Å²) in [5.41, 5.74) is 6.94. The average molecular weight is 395 g/mol. The molecule has 1 atom stereocenters. The number of rotatable bonds is 4. The van der Waals surface area contributed by atoms with Crippen molar-refractivity contribution in [1.29, 1.82) is 5.26 Å². The van der Waals surface area contributed by atoms with E-state index in [0.29, 0.717) is 10.6 Å². The highest BCUT2D eigenvalue weighted by Crippen LogP contribution is 2.44. The van der Waals surface area contributed by atoms with E-state index in [-0.39, 0.29) is 22.7 Å². The maximum absolute atomic E-state index is 12.8. The van der Waals surface area contributed by atoms with Crippen LogP contribution in [-0.2, 0) is 19.1 Å². The minimum absolute atomic E-state index is 0.00593. The van der Waals surface area contributed by atoms with E-state index in [1.54, 1.807) is 42.5 Å². The number of carbonyl (C=O) groups excluding carboxylic acids is 2. The van der Waals surface area contributed by atoms with Gasteiger partial charge in [-0.25, -0.2) is 9.59 Å². The SMILES string of the molecule is COC(=O)C1=C(C(=O)OC)N(c2ccccc2)C(N)=C(C#N)[C@H]1c1cccs1. The molecule has 1 aromatic carbocycles. The highest BCUT2D eigenvalue weighted by atomic mass is 32.1. The van der Waals surface area contributed by atoms with Crippen LogP contribution < -0.4 is 10.6 Å². The van der Waals surface area contributed by atoms with Crippen LogP contribution >= 0.6 is 11.3 Å². The van der Waals surface area contributed by atoms with Crippen LogP contribution in [0.15, 0.2) is 70.5 Å². The number of thiophene rings is 1. The number of para-hydroxylation sites is 1. The smallest absolute Gasteiger partial charge is 0.355 e. The van der Waals surface area contributed by atoms with Crippen molar-refractivity contribution in [2.75, 3.05) is 19.1 Å². The molecule has 0 bridgehead atoms. The van der Waals surface area contributed by atoms with Gasteiger partial charge in [0.05, 0.1) is 37.4 Å². The Kier molecular flexibility index (Phi) is 5.47. The summed E-state index contributed by atoms with van der Waals surface area (Å²) in [4.78, 5) is 27.6. The minimum atomic E-state index is -0.827. The van der Waals surface area contributed by atoms with Crippen LogP contribution in [0.25, 0.3) is 0 Å². The lowest BCUT2D eigenvalue weighted by Gasteiger charge is -2.35. The highest BCUT2D eigenvalue weighted by Gasteiger charge is 2.43. The number of nitrogens with two attached hydrogens (primary N) is 1. The van der Waals surface area contributed by atoms with Crippen molar-refractivity contribution < 1.29 is 19.1 Å². The summed E-state index contributed by atoms with van der Waals surface area (Å²) < 4.78 is 9.90. The highest BCUT2D eigenvalue weighted by molar-refractivity contribution is 7.10. The van der Waals surface area contributed by atoms with Crippen LogP contribution in [0.1, 0.15) is 10.8 Å². The topological polar surface area (TPSA) is 106 Å². The van der Waals surface area contributed by atoms with Crippen molar-refractivity contribution in [2.45, 2.75) is 5.92 Å². The normalized spacial score (nSPS) is 16.6. The summed E-state index contributed by atoms with van der Waals surface area (Å²) in [6.07, 6.45) is 0. The predicted octanol–water partition coefficient (Wildman–Crippen LogP) is 2.65. The summed E-state index contributed by atoms with van der Waals surface area (Å²) in [5, 5.41) is 11.7. The van der Waals surface area contributed by atoms with E-state index < -0.39 is 17.9 Å². The quantitative estimate of drug-likeness (QED) is 0.793. The van der Waals surface area contributed by atoms with Gasteiger partial charge in [0.1, 0.15) is 11.5 Å². The second-order valence-electron chi connectivity index (χ2n) is 5.78. The van der Waals surface area contributed by atoms with Gasteiger partial charge in [0.25, 0.3) is 0 Å². The van der Waals surface area contributed by atoms with Gasteiger partial charge in [-0.1, -0.05) is 24.3 Å². The number of nitriles is 1. The fourth-order valence-corrected chi connectivity index (χ4v) is 3.96. The first-order valence-corrected chi connectivity index (χ1v) is 9.12. The molecule has 2 N–H and O–H groups in total. The van der Waals surface area contributed by atoms with Gasteiger partial charge >= 0.3 is 11.9 Å². The first kappa shape index (κ1) is 19.2. The molecule has 0 fully saturated rings. The zero-order valence-electron chi connectivity index (χ0n) is 15.2. The Morgan fingerprint density at radius 2 is 1.79 bits per heavy atom. The van der Waals surface area contributed by atoms with Crippen LogP contribution in [0.2, 0.25) is 0 Å². The molecule has 0 radical (unpaired) electrons. The Morgan fingerprint density at radius 1 is 1.11 bits per heavy atom. The molecule has 8 heteroatoms. The van der Waals surface area contributed by atoms with Gasteiger partial charge in [-0.3, -0.25) is 4.90 Å². The molecule has 2 aromatic rings. The number of anilines is 1. The summed E-state index contributed by atoms with van der Waals surface area (Å²) in [6.45, 7) is 0. The molecular formula is C20H17N3O4S. The summed E-state index contributed by atoms with van der Waals surface area (Å²) in [5.74, 6) is -2.27. The number of benzene rings is 1. The van der Waals surface area contributed by atoms with E-state index in [0.717, 1.165) is 0 Å². The molecule has 0 spiro atoms. The van der Waals surface area contributed by atoms with Gasteiger partial charge in [-0.05, 0) is 23.6 Å². The third-order valence-electron chi connectivity index (χ3n) is 4.32. The van der Waals surface area contributed by atoms with Crippen molar-refractivity contribution in [1.82, 2.24) is 0 Å². The Balaban J connectivity index is 2.39. The van der Waals surface area contributed by atoms with E-state index in [4.69, 9.17) is 15.2 Å². The third kappa shape index (κ3) is 3.12. The molecule has 7 nitrogen and oxygen atoms in total. The van der Waals surface area contributed by atoms with Crippen LogP contribution in [0.3, 0.4) is 0 Å². The van der Waals surface area contributed by atoms with Crippen molar-refractivity contribution in [3.63, 3.8) is 0 Å². The standard InChI is InChI=1S/C20H17N3O4S/c1-26-19(24)16-15(14-9-6-10-28-14)13(11-21)18(22)23(17(16)20(25)27-2)12-7-4-3-5-8-12/h3-10,15H,22H2,1-2H3/t15-/m0/s1. The van der Waals surface area contributed by atoms with Gasteiger partial charge < -0.3 is 15.2 Å². The second-order valence-corrected chi connectivity index (χ2v) is 6.75. The zero-order chi connectivity index (χ0) is 20.3. The van der Waals surface area contributed by atoms with E-state index in [1.807, 2.05) is 5.38 Å². The molecule has 3 rings (SSSR count). The van der Waals surface area contributed by atoms with E-state index in [1.165, 1.54) is 30.5 Å². The zero-order valence-corrected chi connectivity index (χ0v) is 16.0. The second kappa shape index (κ2) is 7.98. The first-order chi connectivity index (χ1) is 13.5. The van der Waals surface area contributed by atoms with Gasteiger partial charge in [-0.2, -0.15) is 5.26 Å². The first-order valence-electron chi connectivity index (χ1n) is 8.24. The van der Waals surface area contributed by atoms with Gasteiger partial charge in [-0.15, -0.1) is 11.3 Å². The summed E-state index contributed by atoms with van der Waals surface area (Å²) >= 11 is 1.35. The Hall–Kier alpha value is -3.57. The van der Waals surface area contributed by atoms with Crippen LogP contribution in [0, 0.1) is 11.3 Å². The lowest BCUT2D eigenvalue weighted by molar-refractivity contribution is -0.139. The van der Waals surface area contributed by atoms with Gasteiger partial charge in [0.2, 0.25) is 0 Å². The fourth-order valence-electron chi connectivity index (χ4n) is 3.12. The van der Waals surface area contributed by atoms with E-state index in [9.17, 15) is 14.9 Å². The predicted molar refractivity (Wildman–Crippen MR) is 104 cm³/mol. The maximum Gasteiger partial charge on any atom is 0.355 e. The van der Waals surface area contributed by atoms with Crippen LogP contribution in [-0.4, -0.2) is 26.2 Å². The molecule has 1 aromatic heterocycles. The molecule has 0 aliphatic carbocycles. The number of hydrogen-bond donors (Lipinski definition) is 1. The number of esters is 2. The third-order valence-corrected chi connectivity index (χ3v) is 5.26. The largest absolute Gasteiger partial charge is 0.466 e. The van der Waals surface area contributed by atoms with Crippen LogP contribution in [0.4, 0.5) is 5.69 Å². The van der Waals surface area contributed by atoms with E-state index >= 15 is 0 Å². The summed E-state index contributed by atoms with van der Waals surface area (Å²) in [7, 11) is 2.43. The van der Waals surface area contributed by atoms with Crippen molar-refractivity contribution in [3.05, 3.63) is 75.4 Å². The van der Waals surface area contributed by atoms with Crippen molar-refractivity contribution in [3.8, 4) is 6.07 Å². The van der Waals surface area contributed by atoms with Crippen molar-refractivity contribution in [2.24, 2.45) is 5.73 Å². The average Bonchev–Trinajstić information content (AvgIpc) is 3.26. The molecule has 28 heavy (non-hydrogen) atoms. The number of methoxy groups -OCH3 is 2. The van der Waals surface area contributed by atoms with Gasteiger partial charge in [0.15, 0.2) is 0 Å².